The number of nitrogens with zero attached hydrogens (tertiary/aromatic N) is 3. The highest BCUT2D eigenvalue weighted by molar-refractivity contribution is 5.60. The maximum absolute atomic E-state index is 6.34. The summed E-state index contributed by atoms with van der Waals surface area (Å²) in [4.78, 5) is 8.86. The molecule has 3 aromatic rings. The summed E-state index contributed by atoms with van der Waals surface area (Å²) in [7, 11) is 1.99. The van der Waals surface area contributed by atoms with E-state index < -0.39 is 0 Å². The highest BCUT2D eigenvalue weighted by Gasteiger charge is 2.16. The van der Waals surface area contributed by atoms with E-state index in [0.717, 1.165) is 28.5 Å². The third kappa shape index (κ3) is 3.46. The third-order valence-corrected chi connectivity index (χ3v) is 3.97. The van der Waals surface area contributed by atoms with Gasteiger partial charge in [-0.05, 0) is 43.3 Å². The van der Waals surface area contributed by atoms with E-state index >= 15 is 0 Å². The topological polar surface area (TPSA) is 66.0 Å². The molecular weight excluding hydrogens is 300 g/mol. The Morgan fingerprint density at radius 2 is 1.92 bits per heavy atom. The van der Waals surface area contributed by atoms with Crippen LogP contribution in [0.4, 0.5) is 0 Å². The summed E-state index contributed by atoms with van der Waals surface area (Å²) in [5.41, 5.74) is 9.43. The molecule has 24 heavy (non-hydrogen) atoms. The first-order valence-electron chi connectivity index (χ1n) is 8.09. The molecule has 0 fully saturated rings. The van der Waals surface area contributed by atoms with Gasteiger partial charge in [-0.25, -0.2) is 4.98 Å². The molecule has 1 aromatic carbocycles. The lowest BCUT2D eigenvalue weighted by atomic mass is 10.1. The molecule has 0 unspecified atom stereocenters. The molecule has 2 heterocycles. The first-order chi connectivity index (χ1) is 11.7. The summed E-state index contributed by atoms with van der Waals surface area (Å²) < 4.78 is 7.53. The van der Waals surface area contributed by atoms with Crippen molar-refractivity contribution in [2.75, 3.05) is 6.61 Å². The summed E-state index contributed by atoms with van der Waals surface area (Å²) in [6.07, 6.45) is 4.31. The van der Waals surface area contributed by atoms with Crippen molar-refractivity contribution in [2.24, 2.45) is 12.8 Å². The molecule has 2 aromatic heterocycles. The molecule has 0 aliphatic rings. The standard InChI is InChI=1S/C19H22N4O/c1-3-24-16-9-7-14(8-10-16)18-13-22-19(23(18)2)17(20)12-15-6-4-5-11-21-15/h4-11,13,17H,3,12,20H2,1-2H3/t17-/m0/s1. The monoisotopic (exact) mass is 322 g/mol. The number of benzene rings is 1. The van der Waals surface area contributed by atoms with E-state index in [1.54, 1.807) is 6.20 Å². The zero-order valence-corrected chi connectivity index (χ0v) is 14.0. The summed E-state index contributed by atoms with van der Waals surface area (Å²) in [5.74, 6) is 1.72. The number of ether oxygens (including phenoxy) is 1. The van der Waals surface area contributed by atoms with Crippen molar-refractivity contribution in [3.8, 4) is 17.0 Å². The lowest BCUT2D eigenvalue weighted by Gasteiger charge is -2.13. The van der Waals surface area contributed by atoms with E-state index in [-0.39, 0.29) is 6.04 Å². The zero-order chi connectivity index (χ0) is 16.9. The normalized spacial score (nSPS) is 12.1. The molecule has 3 rings (SSSR count). The number of hydrogen-bond acceptors (Lipinski definition) is 4. The van der Waals surface area contributed by atoms with E-state index in [1.807, 2.05) is 67.2 Å². The van der Waals surface area contributed by atoms with E-state index in [9.17, 15) is 0 Å². The number of pyridine rings is 1. The van der Waals surface area contributed by atoms with Crippen LogP contribution in [0.3, 0.4) is 0 Å². The summed E-state index contributed by atoms with van der Waals surface area (Å²) >= 11 is 0. The van der Waals surface area contributed by atoms with Gasteiger partial charge in [-0.3, -0.25) is 4.98 Å². The molecular formula is C19H22N4O. The van der Waals surface area contributed by atoms with Crippen LogP contribution in [0.5, 0.6) is 5.75 Å². The molecule has 0 amide bonds. The molecule has 2 N–H and O–H groups in total. The van der Waals surface area contributed by atoms with Crippen molar-refractivity contribution in [3.05, 3.63) is 66.4 Å². The Morgan fingerprint density at radius 1 is 1.12 bits per heavy atom. The molecule has 124 valence electrons. The van der Waals surface area contributed by atoms with Gasteiger partial charge >= 0.3 is 0 Å². The van der Waals surface area contributed by atoms with Crippen LogP contribution in [0.25, 0.3) is 11.3 Å². The maximum atomic E-state index is 6.34. The van der Waals surface area contributed by atoms with Gasteiger partial charge in [0.05, 0.1) is 24.5 Å². The number of aromatic nitrogens is 3. The van der Waals surface area contributed by atoms with Crippen LogP contribution >= 0.6 is 0 Å². The van der Waals surface area contributed by atoms with Gasteiger partial charge in [0.15, 0.2) is 0 Å². The molecule has 0 saturated carbocycles. The Kier molecular flexibility index (Phi) is 4.91. The third-order valence-electron chi connectivity index (χ3n) is 3.97. The van der Waals surface area contributed by atoms with E-state index in [0.29, 0.717) is 13.0 Å². The lowest BCUT2D eigenvalue weighted by molar-refractivity contribution is 0.340. The molecule has 0 aliphatic carbocycles. The molecule has 0 spiro atoms. The fraction of sp³-hybridized carbons (Fsp3) is 0.263. The van der Waals surface area contributed by atoms with Gasteiger partial charge in [0.2, 0.25) is 0 Å². The van der Waals surface area contributed by atoms with Gasteiger partial charge in [-0.2, -0.15) is 0 Å². The van der Waals surface area contributed by atoms with E-state index in [4.69, 9.17) is 10.5 Å². The van der Waals surface area contributed by atoms with Gasteiger partial charge in [-0.15, -0.1) is 0 Å². The second-order valence-electron chi connectivity index (χ2n) is 5.65. The molecule has 0 saturated heterocycles. The van der Waals surface area contributed by atoms with Crippen LogP contribution in [-0.4, -0.2) is 21.1 Å². The fourth-order valence-electron chi connectivity index (χ4n) is 2.76. The first-order valence-corrected chi connectivity index (χ1v) is 8.09. The van der Waals surface area contributed by atoms with Gasteiger partial charge in [0, 0.05) is 30.9 Å². The second-order valence-corrected chi connectivity index (χ2v) is 5.65. The molecule has 1 atom stereocenters. The van der Waals surface area contributed by atoms with Crippen molar-refractivity contribution in [1.29, 1.82) is 0 Å². The quantitative estimate of drug-likeness (QED) is 0.757. The van der Waals surface area contributed by atoms with Crippen molar-refractivity contribution in [3.63, 3.8) is 0 Å². The number of rotatable bonds is 6. The van der Waals surface area contributed by atoms with Crippen LogP contribution in [0.1, 0.15) is 24.5 Å². The SMILES string of the molecule is CCOc1ccc(-c2cnc([C@@H](N)Cc3ccccn3)n2C)cc1. The van der Waals surface area contributed by atoms with E-state index in [2.05, 4.69) is 9.97 Å². The Hall–Kier alpha value is -2.66. The molecule has 0 radical (unpaired) electrons. The maximum Gasteiger partial charge on any atom is 0.126 e. The second kappa shape index (κ2) is 7.27. The Balaban J connectivity index is 1.80. The van der Waals surface area contributed by atoms with Crippen LogP contribution < -0.4 is 10.5 Å². The number of imidazole rings is 1. The largest absolute Gasteiger partial charge is 0.494 e. The Bertz CT molecular complexity index is 781. The van der Waals surface area contributed by atoms with Gasteiger partial charge in [0.25, 0.3) is 0 Å². The van der Waals surface area contributed by atoms with Crippen LogP contribution in [0.15, 0.2) is 54.9 Å². The minimum Gasteiger partial charge on any atom is -0.494 e. The zero-order valence-electron chi connectivity index (χ0n) is 14.0. The number of hydrogen-bond donors (Lipinski definition) is 1. The predicted molar refractivity (Wildman–Crippen MR) is 94.7 cm³/mol. The van der Waals surface area contributed by atoms with E-state index in [1.165, 1.54) is 0 Å². The predicted octanol–water partition coefficient (Wildman–Crippen LogP) is 3.12. The molecule has 5 nitrogen and oxygen atoms in total. The minimum atomic E-state index is -0.193. The minimum absolute atomic E-state index is 0.193. The summed E-state index contributed by atoms with van der Waals surface area (Å²) in [6, 6.07) is 13.7. The van der Waals surface area contributed by atoms with Crippen molar-refractivity contribution in [2.45, 2.75) is 19.4 Å². The van der Waals surface area contributed by atoms with Gasteiger partial charge < -0.3 is 15.0 Å². The van der Waals surface area contributed by atoms with Crippen LogP contribution in [0.2, 0.25) is 0 Å². The summed E-state index contributed by atoms with van der Waals surface area (Å²) in [5, 5.41) is 0. The van der Waals surface area contributed by atoms with Crippen molar-refractivity contribution in [1.82, 2.24) is 14.5 Å². The van der Waals surface area contributed by atoms with Crippen molar-refractivity contribution < 1.29 is 4.74 Å². The Labute approximate surface area is 142 Å². The smallest absolute Gasteiger partial charge is 0.126 e. The fourth-order valence-corrected chi connectivity index (χ4v) is 2.76. The summed E-state index contributed by atoms with van der Waals surface area (Å²) in [6.45, 7) is 2.64. The van der Waals surface area contributed by atoms with Crippen molar-refractivity contribution >= 4 is 0 Å². The average Bonchev–Trinajstić information content (AvgIpc) is 2.98. The van der Waals surface area contributed by atoms with Crippen LogP contribution in [-0.2, 0) is 13.5 Å². The van der Waals surface area contributed by atoms with Gasteiger partial charge in [0.1, 0.15) is 11.6 Å². The Morgan fingerprint density at radius 3 is 2.58 bits per heavy atom. The number of nitrogens with two attached hydrogens (primary N) is 1. The molecule has 5 heteroatoms. The first kappa shape index (κ1) is 16.2. The lowest BCUT2D eigenvalue weighted by Crippen LogP contribution is -2.18. The molecule has 0 aliphatic heterocycles. The van der Waals surface area contributed by atoms with Gasteiger partial charge in [-0.1, -0.05) is 6.07 Å². The van der Waals surface area contributed by atoms with Crippen LogP contribution in [0, 0.1) is 0 Å². The highest BCUT2D eigenvalue weighted by atomic mass is 16.5. The highest BCUT2D eigenvalue weighted by Crippen LogP contribution is 2.25. The molecule has 0 bridgehead atoms. The average molecular weight is 322 g/mol.